The number of tetrazole rings is 1. The summed E-state index contributed by atoms with van der Waals surface area (Å²) in [6.07, 6.45) is 2.62. The topological polar surface area (TPSA) is 121 Å². The van der Waals surface area contributed by atoms with Gasteiger partial charge in [-0.15, -0.1) is 5.10 Å². The molecule has 1 N–H and O–H groups in total. The first kappa shape index (κ1) is 28.3. The molecular weight excluding hydrogens is 577 g/mol. The van der Waals surface area contributed by atoms with Gasteiger partial charge in [0, 0.05) is 30.7 Å². The molecule has 2 aliphatic rings. The fourth-order valence-corrected chi connectivity index (χ4v) is 5.22. The minimum Gasteiger partial charge on any atom is -0.487 e. The predicted molar refractivity (Wildman–Crippen MR) is 145 cm³/mol. The standard InChI is InChI=1S/C26H28ClF3N10O2/c1-16(10-39-15-33-36-37-39)42-23-7-17(4-5-21(23)27)18-8-31-25(32-9-18)34-22-12-40(35-24(22)26(28,29)30)19-3-2-6-38(11-19)20-13-41-14-20/h4-5,7-9,12,15-16,19-20H,2-3,6,10-11,13-14H2,1H3,(H,31,32,34)/t16-,19?/m0/s1. The zero-order valence-corrected chi connectivity index (χ0v) is 23.3. The Morgan fingerprint density at radius 1 is 1.17 bits per heavy atom. The van der Waals surface area contributed by atoms with Crippen molar-refractivity contribution in [3.05, 3.63) is 53.8 Å². The van der Waals surface area contributed by atoms with Crippen LogP contribution in [0.4, 0.5) is 24.8 Å². The number of anilines is 2. The second-order valence-corrected chi connectivity index (χ2v) is 10.8. The molecule has 222 valence electrons. The molecule has 4 aromatic rings. The lowest BCUT2D eigenvalue weighted by Crippen LogP contribution is -2.52. The molecule has 0 amide bonds. The van der Waals surface area contributed by atoms with E-state index < -0.39 is 11.9 Å². The van der Waals surface area contributed by atoms with Crippen molar-refractivity contribution in [2.45, 2.75) is 50.7 Å². The summed E-state index contributed by atoms with van der Waals surface area (Å²) in [6.45, 7) is 5.13. The number of likely N-dealkylation sites (tertiary alicyclic amines) is 1. The number of alkyl halides is 3. The van der Waals surface area contributed by atoms with Gasteiger partial charge in [0.15, 0.2) is 5.69 Å². The zero-order chi connectivity index (χ0) is 29.3. The van der Waals surface area contributed by atoms with Crippen LogP contribution in [0.2, 0.25) is 5.02 Å². The number of nitrogens with zero attached hydrogens (tertiary/aromatic N) is 9. The van der Waals surface area contributed by atoms with Crippen LogP contribution in [0.5, 0.6) is 5.75 Å². The van der Waals surface area contributed by atoms with Crippen LogP contribution in [0, 0.1) is 0 Å². The van der Waals surface area contributed by atoms with E-state index in [0.29, 0.717) is 48.7 Å². The Hall–Kier alpha value is -3.82. The molecular formula is C26H28ClF3N10O2. The molecule has 12 nitrogen and oxygen atoms in total. The molecule has 2 aliphatic heterocycles. The number of nitrogens with one attached hydrogen (secondary N) is 1. The van der Waals surface area contributed by atoms with Crippen molar-refractivity contribution in [3.63, 3.8) is 0 Å². The highest BCUT2D eigenvalue weighted by Gasteiger charge is 2.39. The van der Waals surface area contributed by atoms with E-state index in [1.54, 1.807) is 22.9 Å². The number of aromatic nitrogens is 8. The highest BCUT2D eigenvalue weighted by atomic mass is 35.5. The Kier molecular flexibility index (Phi) is 7.96. The van der Waals surface area contributed by atoms with Gasteiger partial charge in [0.05, 0.1) is 42.6 Å². The van der Waals surface area contributed by atoms with E-state index in [0.717, 1.165) is 24.9 Å². The number of rotatable bonds is 9. The third-order valence-corrected chi connectivity index (χ3v) is 7.58. The predicted octanol–water partition coefficient (Wildman–Crippen LogP) is 4.25. The highest BCUT2D eigenvalue weighted by Crippen LogP contribution is 2.37. The van der Waals surface area contributed by atoms with Crippen molar-refractivity contribution >= 4 is 23.2 Å². The molecule has 0 saturated carbocycles. The molecule has 2 atom stereocenters. The summed E-state index contributed by atoms with van der Waals surface area (Å²) in [5.74, 6) is 0.464. The Labute approximate surface area is 243 Å². The van der Waals surface area contributed by atoms with Crippen molar-refractivity contribution in [2.24, 2.45) is 0 Å². The Morgan fingerprint density at radius 2 is 1.98 bits per heavy atom. The monoisotopic (exact) mass is 604 g/mol. The van der Waals surface area contributed by atoms with Gasteiger partial charge in [0.1, 0.15) is 18.2 Å². The van der Waals surface area contributed by atoms with Crippen LogP contribution >= 0.6 is 11.6 Å². The number of ether oxygens (including phenoxy) is 2. The van der Waals surface area contributed by atoms with Crippen LogP contribution in [-0.2, 0) is 17.5 Å². The van der Waals surface area contributed by atoms with Gasteiger partial charge < -0.3 is 14.8 Å². The number of piperidine rings is 1. The van der Waals surface area contributed by atoms with E-state index in [2.05, 4.69) is 40.8 Å². The van der Waals surface area contributed by atoms with Crippen LogP contribution < -0.4 is 10.1 Å². The number of hydrogen-bond acceptors (Lipinski definition) is 10. The Morgan fingerprint density at radius 3 is 2.67 bits per heavy atom. The molecule has 2 saturated heterocycles. The molecule has 0 bridgehead atoms. The molecule has 6 rings (SSSR count). The average Bonchev–Trinajstić information content (AvgIpc) is 3.60. The Bertz CT molecular complexity index is 1500. The first-order valence-electron chi connectivity index (χ1n) is 13.5. The van der Waals surface area contributed by atoms with Gasteiger partial charge in [0.2, 0.25) is 5.95 Å². The highest BCUT2D eigenvalue weighted by molar-refractivity contribution is 6.32. The van der Waals surface area contributed by atoms with Gasteiger partial charge in [-0.25, -0.2) is 14.6 Å². The second kappa shape index (κ2) is 11.8. The van der Waals surface area contributed by atoms with E-state index in [1.165, 1.54) is 29.6 Å². The van der Waals surface area contributed by atoms with Gasteiger partial charge in [-0.05, 0) is 54.4 Å². The first-order chi connectivity index (χ1) is 20.2. The van der Waals surface area contributed by atoms with Crippen molar-refractivity contribution < 1.29 is 22.6 Å². The van der Waals surface area contributed by atoms with E-state index >= 15 is 0 Å². The molecule has 0 radical (unpaired) electrons. The summed E-state index contributed by atoms with van der Waals surface area (Å²) in [4.78, 5) is 10.8. The maximum Gasteiger partial charge on any atom is 0.437 e. The Balaban J connectivity index is 1.16. The molecule has 3 aromatic heterocycles. The first-order valence-corrected chi connectivity index (χ1v) is 13.9. The van der Waals surface area contributed by atoms with E-state index in [1.807, 2.05) is 6.92 Å². The summed E-state index contributed by atoms with van der Waals surface area (Å²) < 4.78 is 56.0. The largest absolute Gasteiger partial charge is 0.487 e. The quantitative estimate of drug-likeness (QED) is 0.297. The third-order valence-electron chi connectivity index (χ3n) is 7.27. The second-order valence-electron chi connectivity index (χ2n) is 10.4. The molecule has 42 heavy (non-hydrogen) atoms. The summed E-state index contributed by atoms with van der Waals surface area (Å²) in [5, 5.41) is 18.1. The molecule has 1 unspecified atom stereocenters. The number of hydrogen-bond donors (Lipinski definition) is 1. The lowest BCUT2D eigenvalue weighted by atomic mass is 10.0. The van der Waals surface area contributed by atoms with E-state index in [4.69, 9.17) is 21.1 Å². The van der Waals surface area contributed by atoms with Crippen molar-refractivity contribution in [1.82, 2.24) is 44.9 Å². The van der Waals surface area contributed by atoms with Gasteiger partial charge >= 0.3 is 6.18 Å². The fourth-order valence-electron chi connectivity index (χ4n) is 5.06. The van der Waals surface area contributed by atoms with E-state index in [-0.39, 0.29) is 23.8 Å². The van der Waals surface area contributed by atoms with Crippen LogP contribution in [0.1, 0.15) is 31.5 Å². The number of halogens is 4. The zero-order valence-electron chi connectivity index (χ0n) is 22.6. The van der Waals surface area contributed by atoms with Crippen LogP contribution in [-0.4, -0.2) is 83.3 Å². The average molecular weight is 605 g/mol. The summed E-state index contributed by atoms with van der Waals surface area (Å²) >= 11 is 6.35. The lowest BCUT2D eigenvalue weighted by Gasteiger charge is -2.42. The van der Waals surface area contributed by atoms with Crippen molar-refractivity contribution in [2.75, 3.05) is 31.6 Å². The fraction of sp³-hybridized carbons (Fsp3) is 0.462. The van der Waals surface area contributed by atoms with E-state index in [9.17, 15) is 13.2 Å². The van der Waals surface area contributed by atoms with Gasteiger partial charge in [-0.2, -0.15) is 18.3 Å². The summed E-state index contributed by atoms with van der Waals surface area (Å²) in [5.41, 5.74) is 0.148. The molecule has 2 fully saturated rings. The lowest BCUT2D eigenvalue weighted by molar-refractivity contribution is -0.141. The molecule has 0 spiro atoms. The molecule has 5 heterocycles. The van der Waals surface area contributed by atoms with Crippen molar-refractivity contribution in [1.29, 1.82) is 0 Å². The smallest absolute Gasteiger partial charge is 0.437 e. The van der Waals surface area contributed by atoms with Gasteiger partial charge in [-0.1, -0.05) is 17.7 Å². The van der Waals surface area contributed by atoms with Crippen LogP contribution in [0.3, 0.4) is 0 Å². The summed E-state index contributed by atoms with van der Waals surface area (Å²) in [6, 6.07) is 5.37. The SMILES string of the molecule is C[C@@H](Cn1cnnn1)Oc1cc(-c2cnc(Nc3cn(C4CCCN(C5COC5)C4)nc3C(F)(F)F)nc2)ccc1Cl. The van der Waals surface area contributed by atoms with Crippen molar-refractivity contribution in [3.8, 4) is 16.9 Å². The van der Waals surface area contributed by atoms with Gasteiger partial charge in [-0.3, -0.25) is 9.58 Å². The number of benzene rings is 1. The van der Waals surface area contributed by atoms with Gasteiger partial charge in [0.25, 0.3) is 0 Å². The van der Waals surface area contributed by atoms with Crippen LogP contribution in [0.15, 0.2) is 43.1 Å². The maximum absolute atomic E-state index is 13.9. The minimum absolute atomic E-state index is 0.0150. The normalized spacial score (nSPS) is 18.9. The summed E-state index contributed by atoms with van der Waals surface area (Å²) in [7, 11) is 0. The maximum atomic E-state index is 13.9. The molecule has 0 aliphatic carbocycles. The molecule has 1 aromatic carbocycles. The minimum atomic E-state index is -4.65. The molecule has 16 heteroatoms. The van der Waals surface area contributed by atoms with Crippen LogP contribution in [0.25, 0.3) is 11.1 Å². The third kappa shape index (κ3) is 6.32.